The Morgan fingerprint density at radius 3 is 2.52 bits per heavy atom. The lowest BCUT2D eigenvalue weighted by Crippen LogP contribution is -2.13. The molecule has 1 N–H and O–H groups in total. The van der Waals surface area contributed by atoms with E-state index in [9.17, 15) is 18.0 Å². The third-order valence-corrected chi connectivity index (χ3v) is 4.54. The molecule has 3 aromatic rings. The number of carbonyl (C=O) groups is 1. The van der Waals surface area contributed by atoms with Gasteiger partial charge in [-0.15, -0.1) is 0 Å². The number of carboxylic acid groups (broad SMARTS) is 1. The monoisotopic (exact) mass is 430 g/mol. The Kier molecular flexibility index (Phi) is 6.60. The molecule has 0 radical (unpaired) electrons. The zero-order chi connectivity index (χ0) is 22.5. The van der Waals surface area contributed by atoms with Crippen LogP contribution in [0, 0.1) is 17.1 Å². The summed E-state index contributed by atoms with van der Waals surface area (Å²) in [6, 6.07) is 10.7. The van der Waals surface area contributed by atoms with E-state index in [0.717, 1.165) is 12.1 Å². The van der Waals surface area contributed by atoms with Crippen molar-refractivity contribution in [1.29, 1.82) is 5.26 Å². The molecule has 2 aromatic carbocycles. The molecule has 0 aliphatic rings. The molecule has 0 unspecified atom stereocenters. The Bertz CT molecular complexity index is 1160. The number of ether oxygens (including phenoxy) is 2. The molecule has 9 heteroatoms. The van der Waals surface area contributed by atoms with Gasteiger partial charge in [-0.1, -0.05) is 19.1 Å². The number of alkyl halides is 2. The smallest absolute Gasteiger partial charge is 0.387 e. The molecule has 0 amide bonds. The van der Waals surface area contributed by atoms with Gasteiger partial charge in [-0.3, -0.25) is 0 Å². The molecule has 6 nitrogen and oxygen atoms in total. The predicted molar refractivity (Wildman–Crippen MR) is 105 cm³/mol. The van der Waals surface area contributed by atoms with E-state index >= 15 is 0 Å². The van der Waals surface area contributed by atoms with Crippen molar-refractivity contribution in [3.8, 4) is 17.6 Å². The van der Waals surface area contributed by atoms with E-state index in [0.29, 0.717) is 28.8 Å². The third kappa shape index (κ3) is 4.86. The van der Waals surface area contributed by atoms with Gasteiger partial charge in [0.05, 0.1) is 17.0 Å². The van der Waals surface area contributed by atoms with Crippen LogP contribution in [0.15, 0.2) is 36.4 Å². The minimum atomic E-state index is -3.22. The van der Waals surface area contributed by atoms with Crippen molar-refractivity contribution in [1.82, 2.24) is 4.98 Å². The number of pyridine rings is 1. The summed E-state index contributed by atoms with van der Waals surface area (Å²) < 4.78 is 51.2. The lowest BCUT2D eigenvalue weighted by atomic mass is 9.97. The van der Waals surface area contributed by atoms with Crippen LogP contribution in [-0.4, -0.2) is 29.3 Å². The number of nitriles is 1. The molecule has 0 fully saturated rings. The number of fused-ring (bicyclic) bond motifs is 1. The Morgan fingerprint density at radius 1 is 1.23 bits per heavy atom. The van der Waals surface area contributed by atoms with Crippen molar-refractivity contribution in [3.63, 3.8) is 0 Å². The summed E-state index contributed by atoms with van der Waals surface area (Å²) in [5.41, 5.74) is 1.52. The second-order valence-electron chi connectivity index (χ2n) is 6.54. The van der Waals surface area contributed by atoms with E-state index < -0.39 is 25.0 Å². The van der Waals surface area contributed by atoms with Crippen LogP contribution in [0.4, 0.5) is 13.2 Å². The fourth-order valence-electron chi connectivity index (χ4n) is 3.22. The summed E-state index contributed by atoms with van der Waals surface area (Å²) in [7, 11) is 0. The quantitative estimate of drug-likeness (QED) is 0.567. The third-order valence-electron chi connectivity index (χ3n) is 4.54. The average molecular weight is 430 g/mol. The maximum absolute atomic E-state index is 14.5. The van der Waals surface area contributed by atoms with Crippen LogP contribution in [0.3, 0.4) is 0 Å². The maximum atomic E-state index is 14.5. The minimum absolute atomic E-state index is 0.120. The first-order chi connectivity index (χ1) is 14.8. The molecule has 0 spiro atoms. The van der Waals surface area contributed by atoms with Crippen LogP contribution in [0.25, 0.3) is 10.9 Å². The predicted octanol–water partition coefficient (Wildman–Crippen LogP) is 4.46. The van der Waals surface area contributed by atoms with Crippen molar-refractivity contribution in [2.24, 2.45) is 0 Å². The molecule has 0 aliphatic heterocycles. The number of carboxylic acids is 1. The Morgan fingerprint density at radius 2 is 1.94 bits per heavy atom. The second kappa shape index (κ2) is 9.34. The summed E-state index contributed by atoms with van der Waals surface area (Å²) >= 11 is 0. The van der Waals surface area contributed by atoms with Crippen molar-refractivity contribution >= 4 is 16.9 Å². The van der Waals surface area contributed by atoms with E-state index in [1.54, 1.807) is 31.2 Å². The SMILES string of the molecule is CCc1nc2c(F)ccc(OCC(=O)O)c2c(OC(F)F)c1Cc1ccc(C#N)cc1. The fourth-order valence-corrected chi connectivity index (χ4v) is 3.22. The summed E-state index contributed by atoms with van der Waals surface area (Å²) in [5.74, 6) is -2.52. The summed E-state index contributed by atoms with van der Waals surface area (Å²) in [4.78, 5) is 15.2. The number of nitrogens with zero attached hydrogens (tertiary/aromatic N) is 2. The standard InChI is InChI=1S/C22H17F3N2O4/c1-2-16-14(9-12-3-5-13(10-26)6-4-12)21(31-22(24)25)19-17(30-11-18(28)29)8-7-15(23)20(19)27-16/h3-8,22H,2,9,11H2,1H3,(H,28,29). The van der Waals surface area contributed by atoms with Crippen LogP contribution >= 0.6 is 0 Å². The molecule has 0 saturated carbocycles. The topological polar surface area (TPSA) is 92.4 Å². The first-order valence-corrected chi connectivity index (χ1v) is 9.26. The molecule has 160 valence electrons. The highest BCUT2D eigenvalue weighted by atomic mass is 19.3. The highest BCUT2D eigenvalue weighted by molar-refractivity contribution is 5.93. The molecule has 31 heavy (non-hydrogen) atoms. The van der Waals surface area contributed by atoms with Gasteiger partial charge in [0.25, 0.3) is 0 Å². The Balaban J connectivity index is 2.25. The zero-order valence-electron chi connectivity index (χ0n) is 16.4. The van der Waals surface area contributed by atoms with Gasteiger partial charge in [0.1, 0.15) is 22.8 Å². The van der Waals surface area contributed by atoms with Gasteiger partial charge < -0.3 is 14.6 Å². The first-order valence-electron chi connectivity index (χ1n) is 9.26. The summed E-state index contributed by atoms with van der Waals surface area (Å²) in [6.07, 6.45) is 0.426. The normalized spacial score (nSPS) is 10.8. The van der Waals surface area contributed by atoms with Crippen molar-refractivity contribution in [2.45, 2.75) is 26.4 Å². The van der Waals surface area contributed by atoms with Crippen LogP contribution < -0.4 is 9.47 Å². The molecule has 1 heterocycles. The molecule has 1 aromatic heterocycles. The lowest BCUT2D eigenvalue weighted by molar-refractivity contribution is -0.139. The van der Waals surface area contributed by atoms with Gasteiger partial charge in [0, 0.05) is 17.7 Å². The van der Waals surface area contributed by atoms with E-state index in [4.69, 9.17) is 19.8 Å². The van der Waals surface area contributed by atoms with Gasteiger partial charge in [0.15, 0.2) is 6.61 Å². The van der Waals surface area contributed by atoms with Crippen LogP contribution in [0.1, 0.15) is 29.3 Å². The Hall–Kier alpha value is -3.80. The van der Waals surface area contributed by atoms with Gasteiger partial charge in [0.2, 0.25) is 0 Å². The molecular weight excluding hydrogens is 413 g/mol. The average Bonchev–Trinajstić information content (AvgIpc) is 2.74. The number of halogens is 3. The van der Waals surface area contributed by atoms with Crippen LogP contribution in [0.5, 0.6) is 11.5 Å². The first kappa shape index (κ1) is 21.9. The molecule has 0 bridgehead atoms. The van der Waals surface area contributed by atoms with Gasteiger partial charge >= 0.3 is 12.6 Å². The van der Waals surface area contributed by atoms with Crippen molar-refractivity contribution in [3.05, 3.63) is 64.6 Å². The number of hydrogen-bond acceptors (Lipinski definition) is 5. The molecular formula is C22H17F3N2O4. The summed E-state index contributed by atoms with van der Waals surface area (Å²) in [5, 5.41) is 17.7. The highest BCUT2D eigenvalue weighted by Gasteiger charge is 2.24. The van der Waals surface area contributed by atoms with Crippen LogP contribution in [0.2, 0.25) is 0 Å². The lowest BCUT2D eigenvalue weighted by Gasteiger charge is -2.19. The number of aliphatic carboxylic acids is 1. The number of hydrogen-bond donors (Lipinski definition) is 1. The highest BCUT2D eigenvalue weighted by Crippen LogP contribution is 2.40. The van der Waals surface area contributed by atoms with Gasteiger partial charge in [-0.05, 0) is 36.2 Å². The van der Waals surface area contributed by atoms with Crippen LogP contribution in [-0.2, 0) is 17.6 Å². The minimum Gasteiger partial charge on any atom is -0.481 e. The number of rotatable bonds is 8. The van der Waals surface area contributed by atoms with Crippen molar-refractivity contribution < 1.29 is 32.5 Å². The summed E-state index contributed by atoms with van der Waals surface area (Å²) in [6.45, 7) is -2.23. The molecule has 0 aliphatic carbocycles. The van der Waals surface area contributed by atoms with Gasteiger partial charge in [-0.2, -0.15) is 14.0 Å². The number of aryl methyl sites for hydroxylation is 1. The van der Waals surface area contributed by atoms with E-state index in [2.05, 4.69) is 4.98 Å². The molecule has 0 atom stereocenters. The Labute approximate surface area is 175 Å². The largest absolute Gasteiger partial charge is 0.481 e. The van der Waals surface area contributed by atoms with Crippen molar-refractivity contribution in [2.75, 3.05) is 6.61 Å². The van der Waals surface area contributed by atoms with E-state index in [1.807, 2.05) is 6.07 Å². The molecule has 3 rings (SSSR count). The molecule has 0 saturated heterocycles. The zero-order valence-corrected chi connectivity index (χ0v) is 16.4. The number of benzene rings is 2. The van der Waals surface area contributed by atoms with Gasteiger partial charge in [-0.25, -0.2) is 14.2 Å². The van der Waals surface area contributed by atoms with E-state index in [-0.39, 0.29) is 28.8 Å². The number of aromatic nitrogens is 1. The second-order valence-corrected chi connectivity index (χ2v) is 6.54. The maximum Gasteiger partial charge on any atom is 0.387 e. The fraction of sp³-hybridized carbons (Fsp3) is 0.227. The van der Waals surface area contributed by atoms with E-state index in [1.165, 1.54) is 0 Å².